The summed E-state index contributed by atoms with van der Waals surface area (Å²) in [5.74, 6) is -1.07. The number of esters is 2. The SMILES string of the molecule is CCCCCCCCCCCCc1ccccc1C(=O)OC(=O)c1ccccc1CCCCCCCCCCCC. The number of aryl methyl sites for hydroxylation is 2. The van der Waals surface area contributed by atoms with Crippen LogP contribution in [0.2, 0.25) is 0 Å². The Bertz CT molecular complexity index is 886. The van der Waals surface area contributed by atoms with Gasteiger partial charge in [-0.3, -0.25) is 0 Å². The number of unbranched alkanes of at least 4 members (excludes halogenated alkanes) is 18. The van der Waals surface area contributed by atoms with E-state index < -0.39 is 11.9 Å². The second-order valence-corrected chi connectivity index (χ2v) is 11.9. The van der Waals surface area contributed by atoms with Crippen LogP contribution in [-0.2, 0) is 17.6 Å². The molecule has 0 bridgehead atoms. The maximum atomic E-state index is 13.0. The van der Waals surface area contributed by atoms with Gasteiger partial charge in [-0.05, 0) is 48.9 Å². The summed E-state index contributed by atoms with van der Waals surface area (Å²) in [6.07, 6.45) is 27.4. The van der Waals surface area contributed by atoms with Crippen LogP contribution in [0.25, 0.3) is 0 Å². The molecular formula is C38H58O3. The summed E-state index contributed by atoms with van der Waals surface area (Å²) >= 11 is 0. The van der Waals surface area contributed by atoms with E-state index >= 15 is 0 Å². The van der Waals surface area contributed by atoms with Crippen LogP contribution in [0.3, 0.4) is 0 Å². The third kappa shape index (κ3) is 15.4. The van der Waals surface area contributed by atoms with Crippen molar-refractivity contribution in [3.8, 4) is 0 Å². The maximum absolute atomic E-state index is 13.0. The molecule has 0 aliphatic rings. The fourth-order valence-corrected chi connectivity index (χ4v) is 5.67. The summed E-state index contributed by atoms with van der Waals surface area (Å²) in [5, 5.41) is 0. The average molecular weight is 563 g/mol. The second kappa shape index (κ2) is 23.2. The van der Waals surface area contributed by atoms with Gasteiger partial charge in [-0.15, -0.1) is 0 Å². The minimum absolute atomic E-state index is 0.518. The molecule has 0 heterocycles. The van der Waals surface area contributed by atoms with E-state index in [0.717, 1.165) is 36.8 Å². The average Bonchev–Trinajstić information content (AvgIpc) is 2.99. The first-order valence-corrected chi connectivity index (χ1v) is 17.1. The van der Waals surface area contributed by atoms with Gasteiger partial charge in [0.25, 0.3) is 0 Å². The number of carbonyl (C=O) groups excluding carboxylic acids is 2. The zero-order chi connectivity index (χ0) is 29.4. The van der Waals surface area contributed by atoms with Crippen molar-refractivity contribution >= 4 is 11.9 Å². The Morgan fingerprint density at radius 1 is 0.439 bits per heavy atom. The van der Waals surface area contributed by atoms with Gasteiger partial charge in [-0.1, -0.05) is 166 Å². The maximum Gasteiger partial charge on any atom is 0.346 e. The largest absolute Gasteiger partial charge is 0.386 e. The summed E-state index contributed by atoms with van der Waals surface area (Å²) in [6, 6.07) is 15.2. The number of benzene rings is 2. The zero-order valence-corrected chi connectivity index (χ0v) is 26.4. The smallest absolute Gasteiger partial charge is 0.346 e. The predicted molar refractivity (Wildman–Crippen MR) is 174 cm³/mol. The van der Waals surface area contributed by atoms with E-state index in [-0.39, 0.29) is 0 Å². The topological polar surface area (TPSA) is 43.4 Å². The van der Waals surface area contributed by atoms with Crippen LogP contribution in [0.4, 0.5) is 0 Å². The molecule has 0 saturated carbocycles. The highest BCUT2D eigenvalue weighted by atomic mass is 16.6. The van der Waals surface area contributed by atoms with Crippen molar-refractivity contribution in [3.63, 3.8) is 0 Å². The third-order valence-corrected chi connectivity index (χ3v) is 8.26. The first-order valence-electron chi connectivity index (χ1n) is 17.1. The van der Waals surface area contributed by atoms with E-state index in [0.29, 0.717) is 11.1 Å². The zero-order valence-electron chi connectivity index (χ0n) is 26.4. The van der Waals surface area contributed by atoms with Gasteiger partial charge in [-0.2, -0.15) is 0 Å². The van der Waals surface area contributed by atoms with Crippen LogP contribution in [0.15, 0.2) is 48.5 Å². The van der Waals surface area contributed by atoms with E-state index in [1.165, 1.54) is 116 Å². The minimum atomic E-state index is -0.536. The van der Waals surface area contributed by atoms with Crippen LogP contribution in [-0.4, -0.2) is 11.9 Å². The molecule has 0 radical (unpaired) electrons. The van der Waals surface area contributed by atoms with Crippen molar-refractivity contribution in [2.75, 3.05) is 0 Å². The lowest BCUT2D eigenvalue weighted by atomic mass is 9.99. The van der Waals surface area contributed by atoms with Gasteiger partial charge in [-0.25, -0.2) is 9.59 Å². The lowest BCUT2D eigenvalue weighted by molar-refractivity contribution is 0.0396. The molecule has 0 atom stereocenters. The monoisotopic (exact) mass is 562 g/mol. The van der Waals surface area contributed by atoms with Crippen LogP contribution in [0.5, 0.6) is 0 Å². The Morgan fingerprint density at radius 3 is 1.07 bits per heavy atom. The molecule has 0 N–H and O–H groups in total. The highest BCUT2D eigenvalue weighted by Gasteiger charge is 2.19. The van der Waals surface area contributed by atoms with Crippen molar-refractivity contribution in [3.05, 3.63) is 70.8 Å². The molecule has 228 valence electrons. The molecule has 3 nitrogen and oxygen atoms in total. The highest BCUT2D eigenvalue weighted by Crippen LogP contribution is 2.19. The number of rotatable bonds is 24. The van der Waals surface area contributed by atoms with Crippen LogP contribution < -0.4 is 0 Å². The van der Waals surface area contributed by atoms with Gasteiger partial charge in [0.05, 0.1) is 11.1 Å². The molecule has 0 spiro atoms. The summed E-state index contributed by atoms with van der Waals surface area (Å²) in [5.41, 5.74) is 2.99. The molecule has 41 heavy (non-hydrogen) atoms. The molecule has 0 amide bonds. The number of carbonyl (C=O) groups is 2. The van der Waals surface area contributed by atoms with Crippen molar-refractivity contribution in [2.24, 2.45) is 0 Å². The van der Waals surface area contributed by atoms with Gasteiger partial charge >= 0.3 is 11.9 Å². The Morgan fingerprint density at radius 2 is 0.732 bits per heavy atom. The highest BCUT2D eigenvalue weighted by molar-refractivity contribution is 6.03. The number of ether oxygens (including phenoxy) is 1. The molecule has 3 heteroatoms. The molecule has 0 saturated heterocycles. The quantitative estimate of drug-likeness (QED) is 0.0726. The lowest BCUT2D eigenvalue weighted by Gasteiger charge is -2.11. The first kappa shape index (κ1) is 34.8. The first-order chi connectivity index (χ1) is 20.2. The van der Waals surface area contributed by atoms with E-state index in [1.807, 2.05) is 36.4 Å². The molecule has 0 aliphatic carbocycles. The third-order valence-electron chi connectivity index (χ3n) is 8.26. The molecule has 0 aliphatic heterocycles. The van der Waals surface area contributed by atoms with Crippen molar-refractivity contribution in [1.82, 2.24) is 0 Å². The van der Waals surface area contributed by atoms with Gasteiger partial charge in [0, 0.05) is 0 Å². The number of hydrogen-bond acceptors (Lipinski definition) is 3. The fraction of sp³-hybridized carbons (Fsp3) is 0.632. The van der Waals surface area contributed by atoms with Gasteiger partial charge in [0.2, 0.25) is 0 Å². The summed E-state index contributed by atoms with van der Waals surface area (Å²) in [7, 11) is 0. The van der Waals surface area contributed by atoms with Gasteiger partial charge < -0.3 is 4.74 Å². The molecular weight excluding hydrogens is 504 g/mol. The lowest BCUT2D eigenvalue weighted by Crippen LogP contribution is -2.16. The van der Waals surface area contributed by atoms with E-state index in [2.05, 4.69) is 13.8 Å². The van der Waals surface area contributed by atoms with E-state index in [9.17, 15) is 9.59 Å². The van der Waals surface area contributed by atoms with Crippen LogP contribution >= 0.6 is 0 Å². The normalized spacial score (nSPS) is 11.1. The van der Waals surface area contributed by atoms with Crippen molar-refractivity contribution in [1.29, 1.82) is 0 Å². The predicted octanol–water partition coefficient (Wildman–Crippen LogP) is 11.6. The van der Waals surface area contributed by atoms with Gasteiger partial charge in [0.15, 0.2) is 0 Å². The Hall–Kier alpha value is -2.42. The summed E-state index contributed by atoms with van der Waals surface area (Å²) in [6.45, 7) is 4.52. The second-order valence-electron chi connectivity index (χ2n) is 11.9. The fourth-order valence-electron chi connectivity index (χ4n) is 5.67. The van der Waals surface area contributed by atoms with Crippen molar-refractivity contribution in [2.45, 2.75) is 155 Å². The Labute approximate surface area is 251 Å². The van der Waals surface area contributed by atoms with Crippen LogP contribution in [0.1, 0.15) is 174 Å². The molecule has 0 aromatic heterocycles. The van der Waals surface area contributed by atoms with Crippen molar-refractivity contribution < 1.29 is 14.3 Å². The standard InChI is InChI=1S/C38H58O3/c1-3-5-7-9-11-13-15-17-19-21-27-33-29-23-25-31-35(33)37(39)41-38(40)36-32-26-24-30-34(36)28-22-20-18-16-14-12-10-8-6-4-2/h23-26,29-32H,3-22,27-28H2,1-2H3. The summed E-state index contributed by atoms with van der Waals surface area (Å²) < 4.78 is 5.43. The molecule has 2 aromatic rings. The minimum Gasteiger partial charge on any atom is -0.386 e. The number of hydrogen-bond donors (Lipinski definition) is 0. The molecule has 0 fully saturated rings. The van der Waals surface area contributed by atoms with E-state index in [1.54, 1.807) is 12.1 Å². The molecule has 2 aromatic carbocycles. The Balaban J connectivity index is 1.74. The molecule has 2 rings (SSSR count). The summed E-state index contributed by atoms with van der Waals surface area (Å²) in [4.78, 5) is 26.1. The Kier molecular flexibility index (Phi) is 19.7. The van der Waals surface area contributed by atoms with Gasteiger partial charge in [0.1, 0.15) is 0 Å². The van der Waals surface area contributed by atoms with Crippen LogP contribution in [0, 0.1) is 0 Å². The van der Waals surface area contributed by atoms with E-state index in [4.69, 9.17) is 4.74 Å². The molecule has 0 unspecified atom stereocenters.